The SMILES string of the molecule is CCOC(=O)C1=C(C)N=c2s/c(=C\c3cc(-c4ccccc4)n(-c4ccc(C)cc4)c3-c3ccccc3)c(=O)n2[C@@H]1c1ccc(OC(C)C)cc1. The minimum atomic E-state index is -0.721. The number of hydrogen-bond acceptors (Lipinski definition) is 6. The van der Waals surface area contributed by atoms with Gasteiger partial charge in [-0.2, -0.15) is 0 Å². The highest BCUT2D eigenvalue weighted by molar-refractivity contribution is 7.07. The minimum Gasteiger partial charge on any atom is -0.491 e. The topological polar surface area (TPSA) is 74.8 Å². The zero-order valence-electron chi connectivity index (χ0n) is 29.3. The standard InChI is InChI=1S/C43H39N3O4S/c1-6-49-42(48)38-29(5)44-43-46(40(38)32-19-23-35(24-20-32)50-27(2)3)41(47)37(51-43)26-33-25-36(30-13-9-7-10-14-30)45(34-21-17-28(4)18-22-34)39(33)31-15-11-8-12-16-31/h7-27,40H,6H2,1-5H3/b37-26-/t40-/m1/s1. The largest absolute Gasteiger partial charge is 0.491 e. The van der Waals surface area contributed by atoms with Crippen molar-refractivity contribution in [2.45, 2.75) is 46.8 Å². The summed E-state index contributed by atoms with van der Waals surface area (Å²) in [5, 5.41) is 0. The van der Waals surface area contributed by atoms with Gasteiger partial charge >= 0.3 is 5.97 Å². The van der Waals surface area contributed by atoms with E-state index in [9.17, 15) is 9.59 Å². The van der Waals surface area contributed by atoms with Crippen molar-refractivity contribution in [1.29, 1.82) is 0 Å². The molecule has 1 atom stereocenters. The Balaban J connectivity index is 1.47. The van der Waals surface area contributed by atoms with E-state index in [0.29, 0.717) is 26.4 Å². The average molecular weight is 694 g/mol. The number of hydrogen-bond donors (Lipinski definition) is 0. The van der Waals surface area contributed by atoms with Crippen LogP contribution in [0.3, 0.4) is 0 Å². The zero-order valence-corrected chi connectivity index (χ0v) is 30.1. The third-order valence-corrected chi connectivity index (χ3v) is 9.79. The maximum atomic E-state index is 14.6. The fourth-order valence-electron chi connectivity index (χ4n) is 6.56. The molecule has 0 radical (unpaired) electrons. The van der Waals surface area contributed by atoms with E-state index in [0.717, 1.165) is 39.3 Å². The summed E-state index contributed by atoms with van der Waals surface area (Å²) in [7, 11) is 0. The van der Waals surface area contributed by atoms with Crippen LogP contribution in [0, 0.1) is 6.92 Å². The summed E-state index contributed by atoms with van der Waals surface area (Å²) in [4.78, 5) is 33.4. The predicted octanol–water partition coefficient (Wildman–Crippen LogP) is 8.02. The number of aryl methyl sites for hydroxylation is 1. The number of thiazole rings is 1. The van der Waals surface area contributed by atoms with Gasteiger partial charge in [-0.05, 0) is 87.7 Å². The van der Waals surface area contributed by atoms with Crippen LogP contribution in [-0.2, 0) is 9.53 Å². The molecule has 6 aromatic rings. The Morgan fingerprint density at radius 1 is 0.882 bits per heavy atom. The highest BCUT2D eigenvalue weighted by Crippen LogP contribution is 2.37. The second-order valence-electron chi connectivity index (χ2n) is 12.8. The molecule has 0 bridgehead atoms. The van der Waals surface area contributed by atoms with Crippen molar-refractivity contribution in [1.82, 2.24) is 9.13 Å². The van der Waals surface area contributed by atoms with Gasteiger partial charge in [0.1, 0.15) is 5.75 Å². The molecule has 0 N–H and O–H groups in total. The maximum Gasteiger partial charge on any atom is 0.338 e. The van der Waals surface area contributed by atoms with Crippen LogP contribution >= 0.6 is 11.3 Å². The first kappa shape index (κ1) is 33.8. The number of fused-ring (bicyclic) bond motifs is 1. The highest BCUT2D eigenvalue weighted by atomic mass is 32.1. The number of benzene rings is 4. The fraction of sp³-hybridized carbons (Fsp3) is 0.186. The molecule has 1 aliphatic heterocycles. The molecule has 7 rings (SSSR count). The smallest absolute Gasteiger partial charge is 0.338 e. The van der Waals surface area contributed by atoms with Crippen LogP contribution in [0.25, 0.3) is 34.3 Å². The molecule has 256 valence electrons. The molecule has 0 unspecified atom stereocenters. The molecular weight excluding hydrogens is 655 g/mol. The second-order valence-corrected chi connectivity index (χ2v) is 13.8. The van der Waals surface area contributed by atoms with Gasteiger partial charge in [0.05, 0.1) is 45.9 Å². The summed E-state index contributed by atoms with van der Waals surface area (Å²) in [6.07, 6.45) is 1.97. The van der Waals surface area contributed by atoms with Crippen molar-refractivity contribution in [2.24, 2.45) is 4.99 Å². The summed E-state index contributed by atoms with van der Waals surface area (Å²) in [5.41, 5.74) is 8.50. The van der Waals surface area contributed by atoms with Gasteiger partial charge < -0.3 is 14.0 Å². The third kappa shape index (κ3) is 6.62. The van der Waals surface area contributed by atoms with Crippen molar-refractivity contribution < 1.29 is 14.3 Å². The van der Waals surface area contributed by atoms with E-state index < -0.39 is 12.0 Å². The molecule has 7 nitrogen and oxygen atoms in total. The number of carbonyl (C=O) groups is 1. The van der Waals surface area contributed by atoms with E-state index >= 15 is 0 Å². The number of carbonyl (C=O) groups excluding carboxylic acids is 1. The Morgan fingerprint density at radius 3 is 2.16 bits per heavy atom. The van der Waals surface area contributed by atoms with E-state index in [4.69, 9.17) is 14.5 Å². The number of rotatable bonds is 9. The predicted molar refractivity (Wildman–Crippen MR) is 204 cm³/mol. The van der Waals surface area contributed by atoms with Crippen LogP contribution in [0.4, 0.5) is 0 Å². The van der Waals surface area contributed by atoms with Crippen molar-refractivity contribution in [2.75, 3.05) is 6.61 Å². The fourth-order valence-corrected chi connectivity index (χ4v) is 7.60. The van der Waals surface area contributed by atoms with Crippen molar-refractivity contribution in [3.05, 3.63) is 163 Å². The van der Waals surface area contributed by atoms with Gasteiger partial charge in [0.25, 0.3) is 5.56 Å². The molecule has 2 aromatic heterocycles. The average Bonchev–Trinajstić information content (AvgIpc) is 3.65. The first-order chi connectivity index (χ1) is 24.7. The van der Waals surface area contributed by atoms with Crippen molar-refractivity contribution in [3.8, 4) is 34.0 Å². The molecule has 0 spiro atoms. The lowest BCUT2D eigenvalue weighted by molar-refractivity contribution is -0.139. The van der Waals surface area contributed by atoms with E-state index in [1.54, 1.807) is 18.4 Å². The van der Waals surface area contributed by atoms with Crippen molar-refractivity contribution >= 4 is 23.4 Å². The number of ether oxygens (including phenoxy) is 2. The summed E-state index contributed by atoms with van der Waals surface area (Å²) in [6.45, 7) is 9.80. The summed E-state index contributed by atoms with van der Waals surface area (Å²) in [6, 6.07) is 38.0. The van der Waals surface area contributed by atoms with Gasteiger partial charge in [-0.15, -0.1) is 0 Å². The Morgan fingerprint density at radius 2 is 1.53 bits per heavy atom. The minimum absolute atomic E-state index is 0.00909. The first-order valence-corrected chi connectivity index (χ1v) is 17.9. The summed E-state index contributed by atoms with van der Waals surface area (Å²) < 4.78 is 15.8. The molecule has 0 saturated heterocycles. The van der Waals surface area contributed by atoms with Crippen molar-refractivity contribution in [3.63, 3.8) is 0 Å². The molecule has 3 heterocycles. The van der Waals surface area contributed by atoms with Crippen LogP contribution < -0.4 is 19.6 Å². The van der Waals surface area contributed by atoms with Gasteiger partial charge in [-0.1, -0.05) is 102 Å². The van der Waals surface area contributed by atoms with Crippen LogP contribution in [0.1, 0.15) is 50.4 Å². The van der Waals surface area contributed by atoms with E-state index in [-0.39, 0.29) is 18.3 Å². The van der Waals surface area contributed by atoms with Crippen LogP contribution in [0.15, 0.2) is 136 Å². The van der Waals surface area contributed by atoms with Gasteiger partial charge in [-0.3, -0.25) is 9.36 Å². The molecular formula is C43H39N3O4S. The summed E-state index contributed by atoms with van der Waals surface area (Å²) >= 11 is 1.32. The molecule has 0 amide bonds. The molecule has 8 heteroatoms. The first-order valence-electron chi connectivity index (χ1n) is 17.1. The van der Waals surface area contributed by atoms with Gasteiger partial charge in [0.15, 0.2) is 4.80 Å². The van der Waals surface area contributed by atoms with Crippen LogP contribution in [0.5, 0.6) is 5.75 Å². The van der Waals surface area contributed by atoms with Gasteiger partial charge in [0.2, 0.25) is 0 Å². The Hall–Kier alpha value is -5.73. The zero-order chi connectivity index (χ0) is 35.6. The molecule has 0 fully saturated rings. The Bertz CT molecular complexity index is 2420. The van der Waals surface area contributed by atoms with Gasteiger partial charge in [0, 0.05) is 11.3 Å². The van der Waals surface area contributed by atoms with Gasteiger partial charge in [-0.25, -0.2) is 9.79 Å². The molecule has 4 aromatic carbocycles. The molecule has 0 saturated carbocycles. The Labute approximate surface area is 301 Å². The monoisotopic (exact) mass is 693 g/mol. The molecule has 0 aliphatic carbocycles. The Kier molecular flexibility index (Phi) is 9.43. The lowest BCUT2D eigenvalue weighted by Crippen LogP contribution is -2.39. The normalized spacial score (nSPS) is 14.4. The number of aromatic nitrogens is 2. The number of nitrogens with zero attached hydrogens (tertiary/aromatic N) is 3. The van der Waals surface area contributed by atoms with E-state index in [1.165, 1.54) is 16.9 Å². The highest BCUT2D eigenvalue weighted by Gasteiger charge is 2.33. The molecule has 1 aliphatic rings. The maximum absolute atomic E-state index is 14.6. The number of esters is 1. The van der Waals surface area contributed by atoms with E-state index in [1.807, 2.05) is 80.6 Å². The third-order valence-electron chi connectivity index (χ3n) is 8.81. The number of allylic oxidation sites excluding steroid dienone is 1. The lowest BCUT2D eigenvalue weighted by Gasteiger charge is -2.25. The van der Waals surface area contributed by atoms with Crippen LogP contribution in [-0.4, -0.2) is 27.8 Å². The second kappa shape index (κ2) is 14.2. The van der Waals surface area contributed by atoms with E-state index in [2.05, 4.69) is 66.1 Å². The molecule has 51 heavy (non-hydrogen) atoms. The summed E-state index contributed by atoms with van der Waals surface area (Å²) in [5.74, 6) is 0.217. The van der Waals surface area contributed by atoms with Crippen LogP contribution in [0.2, 0.25) is 0 Å². The quantitative estimate of drug-likeness (QED) is 0.144. The lowest BCUT2D eigenvalue weighted by atomic mass is 9.96.